The number of benzene rings is 3. The fourth-order valence-corrected chi connectivity index (χ4v) is 3.29. The number of rotatable bonds is 3. The Morgan fingerprint density at radius 3 is 1.96 bits per heavy atom. The van der Waals surface area contributed by atoms with Crippen molar-refractivity contribution in [2.24, 2.45) is 0 Å². The van der Waals surface area contributed by atoms with Crippen molar-refractivity contribution in [2.75, 3.05) is 0 Å². The zero-order valence-corrected chi connectivity index (χ0v) is 14.7. The molecular weight excluding hydrogens is 338 g/mol. The maximum absolute atomic E-state index is 14.9. The highest BCUT2D eigenvalue weighted by Gasteiger charge is 2.16. The second kappa shape index (κ2) is 7.55. The predicted octanol–water partition coefficient (Wildman–Crippen LogP) is 7.22. The molecule has 0 heterocycles. The molecule has 1 aliphatic rings. The zero-order chi connectivity index (χ0) is 18.6. The number of halogens is 2. The molecule has 0 fully saturated rings. The zero-order valence-electron chi connectivity index (χ0n) is 14.7. The third-order valence-electron chi connectivity index (χ3n) is 4.67. The van der Waals surface area contributed by atoms with Gasteiger partial charge in [-0.1, -0.05) is 84.9 Å². The fraction of sp³-hybridized carbons (Fsp3) is 0.0400. The van der Waals surface area contributed by atoms with E-state index in [1.54, 1.807) is 12.1 Å². The maximum Gasteiger partial charge on any atom is 0.131 e. The average molecular weight is 356 g/mol. The van der Waals surface area contributed by atoms with E-state index >= 15 is 0 Å². The molecule has 0 amide bonds. The molecule has 0 aromatic heterocycles. The second-order valence-electron chi connectivity index (χ2n) is 6.43. The highest BCUT2D eigenvalue weighted by Crippen LogP contribution is 2.34. The minimum Gasteiger partial charge on any atom is -0.206 e. The fourth-order valence-electron chi connectivity index (χ4n) is 3.29. The molecule has 2 heteroatoms. The SMILES string of the molecule is FC1=CC(c2ccccc2)=CCC=C1c1ccc(-c2ccccc2)cc1F. The van der Waals surface area contributed by atoms with Gasteiger partial charge in [0.2, 0.25) is 0 Å². The van der Waals surface area contributed by atoms with Crippen LogP contribution in [0, 0.1) is 5.82 Å². The topological polar surface area (TPSA) is 0 Å². The van der Waals surface area contributed by atoms with E-state index in [2.05, 4.69) is 0 Å². The molecule has 0 aliphatic heterocycles. The third-order valence-corrected chi connectivity index (χ3v) is 4.67. The molecule has 3 aromatic rings. The van der Waals surface area contributed by atoms with E-state index in [9.17, 15) is 8.78 Å². The molecule has 3 aromatic carbocycles. The van der Waals surface area contributed by atoms with Crippen molar-refractivity contribution in [1.82, 2.24) is 0 Å². The molecule has 27 heavy (non-hydrogen) atoms. The Hall–Kier alpha value is -3.26. The lowest BCUT2D eigenvalue weighted by Gasteiger charge is -2.09. The predicted molar refractivity (Wildman–Crippen MR) is 108 cm³/mol. The van der Waals surface area contributed by atoms with Crippen LogP contribution in [0.1, 0.15) is 17.5 Å². The van der Waals surface area contributed by atoms with Gasteiger partial charge in [-0.25, -0.2) is 8.78 Å². The van der Waals surface area contributed by atoms with Crippen LogP contribution in [0.3, 0.4) is 0 Å². The Labute approximate surface area is 157 Å². The summed E-state index contributed by atoms with van der Waals surface area (Å²) in [7, 11) is 0. The van der Waals surface area contributed by atoms with Crippen molar-refractivity contribution in [3.8, 4) is 11.1 Å². The Morgan fingerprint density at radius 2 is 1.30 bits per heavy atom. The van der Waals surface area contributed by atoms with Crippen LogP contribution in [-0.4, -0.2) is 0 Å². The number of hydrogen-bond acceptors (Lipinski definition) is 0. The highest BCUT2D eigenvalue weighted by atomic mass is 19.1. The van der Waals surface area contributed by atoms with Crippen molar-refractivity contribution < 1.29 is 8.78 Å². The minimum atomic E-state index is -0.422. The van der Waals surface area contributed by atoms with Gasteiger partial charge in [0.15, 0.2) is 0 Å². The first-order chi connectivity index (χ1) is 13.2. The van der Waals surface area contributed by atoms with Crippen LogP contribution >= 0.6 is 0 Å². The molecule has 0 bridgehead atoms. The molecule has 0 radical (unpaired) electrons. The summed E-state index contributed by atoms with van der Waals surface area (Å²) >= 11 is 0. The molecule has 0 saturated heterocycles. The van der Waals surface area contributed by atoms with E-state index in [0.717, 1.165) is 22.3 Å². The second-order valence-corrected chi connectivity index (χ2v) is 6.43. The number of allylic oxidation sites excluding steroid dienone is 6. The summed E-state index contributed by atoms with van der Waals surface area (Å²) in [5.74, 6) is -0.844. The highest BCUT2D eigenvalue weighted by molar-refractivity contribution is 5.86. The lowest BCUT2D eigenvalue weighted by molar-refractivity contribution is 0.619. The minimum absolute atomic E-state index is 0.283. The molecule has 132 valence electrons. The van der Waals surface area contributed by atoms with Gasteiger partial charge in [0.25, 0.3) is 0 Å². The van der Waals surface area contributed by atoms with Gasteiger partial charge in [0.05, 0.1) is 0 Å². The van der Waals surface area contributed by atoms with Crippen LogP contribution < -0.4 is 0 Å². The quantitative estimate of drug-likeness (QED) is 0.465. The van der Waals surface area contributed by atoms with E-state index in [1.165, 1.54) is 12.1 Å². The van der Waals surface area contributed by atoms with Crippen molar-refractivity contribution in [3.05, 3.63) is 120 Å². The van der Waals surface area contributed by atoms with Gasteiger partial charge in [-0.3, -0.25) is 0 Å². The van der Waals surface area contributed by atoms with Crippen molar-refractivity contribution in [3.63, 3.8) is 0 Å². The standard InChI is InChI=1S/C25H18F2/c26-24-16-20(18-8-3-1-4-9-18)12-7-13-22(24)23-15-14-21(17-25(23)27)19-10-5-2-6-11-19/h1-6,8-17H,7H2. The molecular formula is C25H18F2. The Kier molecular flexibility index (Phi) is 4.80. The van der Waals surface area contributed by atoms with Gasteiger partial charge in [-0.15, -0.1) is 0 Å². The monoisotopic (exact) mass is 356 g/mol. The summed E-state index contributed by atoms with van der Waals surface area (Å²) in [6, 6.07) is 24.2. The van der Waals surface area contributed by atoms with Gasteiger partial charge in [0.1, 0.15) is 11.6 Å². The lowest BCUT2D eigenvalue weighted by Crippen LogP contribution is -1.92. The molecule has 0 unspecified atom stereocenters. The van der Waals surface area contributed by atoms with E-state index in [4.69, 9.17) is 0 Å². The van der Waals surface area contributed by atoms with Gasteiger partial charge >= 0.3 is 0 Å². The summed E-state index contributed by atoms with van der Waals surface area (Å²) in [4.78, 5) is 0. The van der Waals surface area contributed by atoms with Gasteiger partial charge in [-0.2, -0.15) is 0 Å². The molecule has 0 spiro atoms. The van der Waals surface area contributed by atoms with E-state index in [0.29, 0.717) is 12.0 Å². The lowest BCUT2D eigenvalue weighted by atomic mass is 9.98. The van der Waals surface area contributed by atoms with Gasteiger partial charge in [-0.05, 0) is 40.8 Å². The van der Waals surface area contributed by atoms with Crippen LogP contribution in [0.2, 0.25) is 0 Å². The van der Waals surface area contributed by atoms with Crippen LogP contribution in [0.25, 0.3) is 22.3 Å². The first kappa shape index (κ1) is 17.2. The number of hydrogen-bond donors (Lipinski definition) is 0. The molecule has 4 rings (SSSR count). The summed E-state index contributed by atoms with van der Waals surface area (Å²) in [6.07, 6.45) is 5.72. The molecule has 0 N–H and O–H groups in total. The normalized spacial score (nSPS) is 14.1. The van der Waals surface area contributed by atoms with Crippen LogP contribution in [-0.2, 0) is 0 Å². The van der Waals surface area contributed by atoms with Crippen molar-refractivity contribution in [2.45, 2.75) is 6.42 Å². The maximum atomic E-state index is 14.9. The largest absolute Gasteiger partial charge is 0.206 e. The van der Waals surface area contributed by atoms with Crippen molar-refractivity contribution in [1.29, 1.82) is 0 Å². The summed E-state index contributed by atoms with van der Waals surface area (Å²) in [6.45, 7) is 0. The average Bonchev–Trinajstić information content (AvgIpc) is 2.91. The summed E-state index contributed by atoms with van der Waals surface area (Å²) < 4.78 is 29.7. The van der Waals surface area contributed by atoms with Crippen molar-refractivity contribution >= 4 is 11.1 Å². The molecule has 0 nitrogen and oxygen atoms in total. The Bertz CT molecular complexity index is 1040. The first-order valence-electron chi connectivity index (χ1n) is 8.91. The third kappa shape index (κ3) is 3.65. The van der Waals surface area contributed by atoms with Gasteiger partial charge in [0, 0.05) is 11.1 Å². The van der Waals surface area contributed by atoms with Crippen LogP contribution in [0.5, 0.6) is 0 Å². The van der Waals surface area contributed by atoms with E-state index in [1.807, 2.05) is 72.8 Å². The summed E-state index contributed by atoms with van der Waals surface area (Å²) in [5.41, 5.74) is 4.05. The first-order valence-corrected chi connectivity index (χ1v) is 8.91. The molecule has 0 atom stereocenters. The smallest absolute Gasteiger partial charge is 0.131 e. The summed E-state index contributed by atoms with van der Waals surface area (Å²) in [5, 5.41) is 0. The van der Waals surface area contributed by atoms with E-state index in [-0.39, 0.29) is 5.56 Å². The van der Waals surface area contributed by atoms with Crippen LogP contribution in [0.15, 0.2) is 103 Å². The Balaban J connectivity index is 1.67. The molecule has 1 aliphatic carbocycles. The van der Waals surface area contributed by atoms with E-state index < -0.39 is 11.6 Å². The van der Waals surface area contributed by atoms with Crippen LogP contribution in [0.4, 0.5) is 8.78 Å². The Morgan fingerprint density at radius 1 is 0.630 bits per heavy atom. The molecule has 0 saturated carbocycles. The van der Waals surface area contributed by atoms with Gasteiger partial charge < -0.3 is 0 Å².